The van der Waals surface area contributed by atoms with E-state index in [9.17, 15) is 9.18 Å². The Bertz CT molecular complexity index is 866. The lowest BCUT2D eigenvalue weighted by Gasteiger charge is -2.01. The van der Waals surface area contributed by atoms with Crippen LogP contribution in [0.15, 0.2) is 52.9 Å². The van der Waals surface area contributed by atoms with Crippen molar-refractivity contribution in [2.45, 2.75) is 17.0 Å². The molecule has 2 aromatic carbocycles. The Morgan fingerprint density at radius 2 is 2.04 bits per heavy atom. The normalized spacial score (nSPS) is 10.6. The first-order valence-electron chi connectivity index (χ1n) is 7.19. The number of anilines is 1. The van der Waals surface area contributed by atoms with Crippen LogP contribution < -0.4 is 5.32 Å². The number of rotatable bonds is 5. The molecule has 1 heterocycles. The van der Waals surface area contributed by atoms with E-state index in [1.165, 1.54) is 29.2 Å². The van der Waals surface area contributed by atoms with Gasteiger partial charge in [-0.2, -0.15) is 0 Å². The second kappa shape index (κ2) is 7.55. The van der Waals surface area contributed by atoms with E-state index in [0.717, 1.165) is 5.56 Å². The summed E-state index contributed by atoms with van der Waals surface area (Å²) in [5.41, 5.74) is 2.20. The Morgan fingerprint density at radius 3 is 2.83 bits per heavy atom. The van der Waals surface area contributed by atoms with E-state index in [1.807, 2.05) is 25.1 Å². The van der Waals surface area contributed by atoms with Crippen molar-refractivity contribution in [1.29, 1.82) is 0 Å². The van der Waals surface area contributed by atoms with Crippen molar-refractivity contribution in [2.75, 3.05) is 5.32 Å². The molecule has 0 fully saturated rings. The monoisotopic (exact) mass is 359 g/mol. The molecule has 0 aliphatic heterocycles. The number of carbonyl (C=O) groups is 1. The minimum absolute atomic E-state index is 0.222. The molecule has 0 aliphatic rings. The third-order valence-electron chi connectivity index (χ3n) is 3.22. The van der Waals surface area contributed by atoms with Gasteiger partial charge in [-0.15, -0.1) is 10.2 Å². The molecule has 7 heteroatoms. The van der Waals surface area contributed by atoms with Crippen LogP contribution in [0.5, 0.6) is 0 Å². The number of aromatic nitrogens is 2. The van der Waals surface area contributed by atoms with Crippen LogP contribution in [0.1, 0.15) is 21.5 Å². The maximum Gasteiger partial charge on any atom is 0.257 e. The van der Waals surface area contributed by atoms with Gasteiger partial charge in [-0.25, -0.2) is 4.39 Å². The fourth-order valence-electron chi connectivity index (χ4n) is 2.03. The highest BCUT2D eigenvalue weighted by molar-refractivity contribution is 8.00. The van der Waals surface area contributed by atoms with Crippen LogP contribution in [0.2, 0.25) is 0 Å². The summed E-state index contributed by atoms with van der Waals surface area (Å²) >= 11 is 2.66. The van der Waals surface area contributed by atoms with Crippen LogP contribution in [-0.4, -0.2) is 16.1 Å². The number of benzene rings is 2. The summed E-state index contributed by atoms with van der Waals surface area (Å²) in [6.45, 7) is 1.93. The SMILES string of the molecule is Cc1cccc(C(=O)Nc2nnc(SCc3ccccc3F)s2)c1. The summed E-state index contributed by atoms with van der Waals surface area (Å²) < 4.78 is 14.3. The summed E-state index contributed by atoms with van der Waals surface area (Å²) in [5, 5.41) is 11.1. The van der Waals surface area contributed by atoms with E-state index in [4.69, 9.17) is 0 Å². The number of nitrogens with one attached hydrogen (secondary N) is 1. The third-order valence-corrected chi connectivity index (χ3v) is 5.24. The highest BCUT2D eigenvalue weighted by Gasteiger charge is 2.11. The van der Waals surface area contributed by atoms with Gasteiger partial charge in [0.2, 0.25) is 5.13 Å². The highest BCUT2D eigenvalue weighted by Crippen LogP contribution is 2.29. The minimum atomic E-state index is -0.234. The lowest BCUT2D eigenvalue weighted by atomic mass is 10.1. The summed E-state index contributed by atoms with van der Waals surface area (Å²) in [5.74, 6) is 0.00985. The van der Waals surface area contributed by atoms with Crippen molar-refractivity contribution < 1.29 is 9.18 Å². The molecule has 3 aromatic rings. The molecule has 1 N–H and O–H groups in total. The smallest absolute Gasteiger partial charge is 0.257 e. The van der Waals surface area contributed by atoms with Gasteiger partial charge in [0, 0.05) is 11.3 Å². The predicted octanol–water partition coefficient (Wildman–Crippen LogP) is 4.53. The number of carbonyl (C=O) groups excluding carboxylic acids is 1. The van der Waals surface area contributed by atoms with Gasteiger partial charge < -0.3 is 0 Å². The van der Waals surface area contributed by atoms with Gasteiger partial charge in [0.25, 0.3) is 5.91 Å². The van der Waals surface area contributed by atoms with E-state index in [-0.39, 0.29) is 11.7 Å². The van der Waals surface area contributed by atoms with E-state index in [0.29, 0.717) is 26.4 Å². The van der Waals surface area contributed by atoms with E-state index in [2.05, 4.69) is 15.5 Å². The Labute approximate surface area is 147 Å². The first-order valence-corrected chi connectivity index (χ1v) is 9.00. The zero-order valence-electron chi connectivity index (χ0n) is 12.8. The summed E-state index contributed by atoms with van der Waals surface area (Å²) in [4.78, 5) is 12.2. The summed E-state index contributed by atoms with van der Waals surface area (Å²) in [6.07, 6.45) is 0. The second-order valence-electron chi connectivity index (χ2n) is 5.08. The third kappa shape index (κ3) is 4.18. The number of aryl methyl sites for hydroxylation is 1. The van der Waals surface area contributed by atoms with Gasteiger partial charge >= 0.3 is 0 Å². The predicted molar refractivity (Wildman–Crippen MR) is 95.0 cm³/mol. The molecule has 3 rings (SSSR count). The molecule has 0 saturated heterocycles. The summed E-state index contributed by atoms with van der Waals surface area (Å²) in [6, 6.07) is 14.0. The fourth-order valence-corrected chi connectivity index (χ4v) is 3.76. The number of nitrogens with zero attached hydrogens (tertiary/aromatic N) is 2. The molecule has 0 aliphatic carbocycles. The molecule has 1 aromatic heterocycles. The van der Waals surface area contributed by atoms with Crippen LogP contribution in [0.4, 0.5) is 9.52 Å². The lowest BCUT2D eigenvalue weighted by Crippen LogP contribution is -2.11. The van der Waals surface area contributed by atoms with Crippen molar-refractivity contribution in [3.8, 4) is 0 Å². The molecular formula is C17H14FN3OS2. The molecule has 0 saturated carbocycles. The van der Waals surface area contributed by atoms with Crippen molar-refractivity contribution in [3.63, 3.8) is 0 Å². The zero-order valence-corrected chi connectivity index (χ0v) is 14.5. The lowest BCUT2D eigenvalue weighted by molar-refractivity contribution is 0.102. The maximum atomic E-state index is 13.6. The number of hydrogen-bond acceptors (Lipinski definition) is 5. The van der Waals surface area contributed by atoms with Crippen LogP contribution in [-0.2, 0) is 5.75 Å². The van der Waals surface area contributed by atoms with Gasteiger partial charge in [-0.1, -0.05) is 59.0 Å². The summed E-state index contributed by atoms with van der Waals surface area (Å²) in [7, 11) is 0. The zero-order chi connectivity index (χ0) is 16.9. The Balaban J connectivity index is 1.61. The van der Waals surface area contributed by atoms with Crippen LogP contribution >= 0.6 is 23.1 Å². The molecule has 0 spiro atoms. The van der Waals surface area contributed by atoms with Crippen molar-refractivity contribution in [1.82, 2.24) is 10.2 Å². The highest BCUT2D eigenvalue weighted by atomic mass is 32.2. The molecule has 0 bridgehead atoms. The number of hydrogen-bond donors (Lipinski definition) is 1. The fraction of sp³-hybridized carbons (Fsp3) is 0.118. The number of thioether (sulfide) groups is 1. The average Bonchev–Trinajstić information content (AvgIpc) is 3.01. The van der Waals surface area contributed by atoms with Crippen LogP contribution in [0, 0.1) is 12.7 Å². The number of amides is 1. The molecule has 0 atom stereocenters. The molecule has 0 unspecified atom stereocenters. The van der Waals surface area contributed by atoms with Gasteiger partial charge in [0.05, 0.1) is 0 Å². The molecule has 0 radical (unpaired) electrons. The Kier molecular flexibility index (Phi) is 5.22. The quantitative estimate of drug-likeness (QED) is 0.537. The van der Waals surface area contributed by atoms with Crippen LogP contribution in [0.25, 0.3) is 0 Å². The topological polar surface area (TPSA) is 54.9 Å². The van der Waals surface area contributed by atoms with E-state index >= 15 is 0 Å². The minimum Gasteiger partial charge on any atom is -0.296 e. The van der Waals surface area contributed by atoms with Gasteiger partial charge in [-0.05, 0) is 30.7 Å². The van der Waals surface area contributed by atoms with Crippen molar-refractivity contribution in [3.05, 3.63) is 71.0 Å². The molecule has 122 valence electrons. The van der Waals surface area contributed by atoms with Crippen LogP contribution in [0.3, 0.4) is 0 Å². The second-order valence-corrected chi connectivity index (χ2v) is 7.28. The Morgan fingerprint density at radius 1 is 1.21 bits per heavy atom. The van der Waals surface area contributed by atoms with Crippen molar-refractivity contribution in [2.24, 2.45) is 0 Å². The molecular weight excluding hydrogens is 345 g/mol. The van der Waals surface area contributed by atoms with E-state index < -0.39 is 0 Å². The maximum absolute atomic E-state index is 13.6. The van der Waals surface area contributed by atoms with E-state index in [1.54, 1.807) is 24.3 Å². The first kappa shape index (κ1) is 16.6. The van der Waals surface area contributed by atoms with Gasteiger partial charge in [0.15, 0.2) is 4.34 Å². The largest absolute Gasteiger partial charge is 0.296 e. The molecule has 24 heavy (non-hydrogen) atoms. The molecule has 4 nitrogen and oxygen atoms in total. The van der Waals surface area contributed by atoms with Crippen molar-refractivity contribution >= 4 is 34.1 Å². The standard InChI is InChI=1S/C17H14FN3OS2/c1-11-5-4-7-12(9-11)15(22)19-16-20-21-17(24-16)23-10-13-6-2-3-8-14(13)18/h2-9H,10H2,1H3,(H,19,20,22). The van der Waals surface area contributed by atoms with Gasteiger partial charge in [-0.3, -0.25) is 10.1 Å². The molecule has 1 amide bonds. The average molecular weight is 359 g/mol. The first-order chi connectivity index (χ1) is 11.6. The Hall–Kier alpha value is -2.25. The number of halogens is 1. The van der Waals surface area contributed by atoms with Gasteiger partial charge in [0.1, 0.15) is 5.82 Å².